The molecule has 0 spiro atoms. The zero-order valence-corrected chi connectivity index (χ0v) is 14.3. The van der Waals surface area contributed by atoms with Crippen LogP contribution in [-0.4, -0.2) is 32.2 Å². The van der Waals surface area contributed by atoms with E-state index in [1.807, 2.05) is 24.3 Å². The first-order valence-electron chi connectivity index (χ1n) is 7.76. The molecule has 140 valence electrons. The number of benzene rings is 1. The van der Waals surface area contributed by atoms with E-state index in [1.54, 1.807) is 18.2 Å². The molecule has 1 atom stereocenters. The summed E-state index contributed by atoms with van der Waals surface area (Å²) < 4.78 is 5.04. The summed E-state index contributed by atoms with van der Waals surface area (Å²) in [5.41, 5.74) is 8.07. The minimum atomic E-state index is -1.23. The Labute approximate surface area is 153 Å². The Morgan fingerprint density at radius 3 is 2.56 bits per heavy atom. The van der Waals surface area contributed by atoms with Gasteiger partial charge in [-0.25, -0.2) is 9.78 Å². The average molecular weight is 371 g/mol. The second-order valence-corrected chi connectivity index (χ2v) is 5.43. The zero-order valence-electron chi connectivity index (χ0n) is 14.3. The number of nitrogen functional groups attached to an aromatic ring is 1. The fourth-order valence-electron chi connectivity index (χ4n) is 2.01. The van der Waals surface area contributed by atoms with E-state index in [0.29, 0.717) is 17.1 Å². The SMILES string of the molecule is CC(O)C(=O)O.Nc1cc(C=Cc2ccc([N+](=O)[O-])o2)nc2ccccc12. The number of hydrogen-bond acceptors (Lipinski definition) is 7. The van der Waals surface area contributed by atoms with Gasteiger partial charge in [-0.2, -0.15) is 0 Å². The Kier molecular flexibility index (Phi) is 6.23. The topological polar surface area (TPSA) is 153 Å². The minimum absolute atomic E-state index is 0.291. The standard InChI is InChI=1S/C15H11N3O3.C3H6O3/c16-13-9-10(17-14-4-2-1-3-12(13)14)5-6-11-7-8-15(21-11)18(19)20;1-2(4)3(5)6/h1-9H,(H2,16,17);2,4H,1H3,(H,5,6). The van der Waals surface area contributed by atoms with Crippen molar-refractivity contribution in [2.75, 3.05) is 5.73 Å². The summed E-state index contributed by atoms with van der Waals surface area (Å²) in [6.07, 6.45) is 2.08. The molecule has 0 aliphatic heterocycles. The fourth-order valence-corrected chi connectivity index (χ4v) is 2.01. The monoisotopic (exact) mass is 371 g/mol. The highest BCUT2D eigenvalue weighted by Crippen LogP contribution is 2.22. The van der Waals surface area contributed by atoms with Crippen molar-refractivity contribution >= 4 is 40.6 Å². The van der Waals surface area contributed by atoms with E-state index in [2.05, 4.69) is 4.98 Å². The number of aromatic nitrogens is 1. The molecule has 4 N–H and O–H groups in total. The van der Waals surface area contributed by atoms with E-state index < -0.39 is 17.0 Å². The highest BCUT2D eigenvalue weighted by molar-refractivity contribution is 5.91. The van der Waals surface area contributed by atoms with Gasteiger partial charge in [-0.1, -0.05) is 18.2 Å². The van der Waals surface area contributed by atoms with E-state index in [1.165, 1.54) is 19.1 Å². The van der Waals surface area contributed by atoms with Crippen LogP contribution in [0.1, 0.15) is 18.4 Å². The number of aliphatic hydroxyl groups is 1. The van der Waals surface area contributed by atoms with Crippen LogP contribution in [-0.2, 0) is 4.79 Å². The molecule has 0 saturated heterocycles. The largest absolute Gasteiger partial charge is 0.479 e. The number of pyridine rings is 1. The number of anilines is 1. The first kappa shape index (κ1) is 19.6. The van der Waals surface area contributed by atoms with Crippen LogP contribution in [0.3, 0.4) is 0 Å². The summed E-state index contributed by atoms with van der Waals surface area (Å²) in [6.45, 7) is 1.20. The minimum Gasteiger partial charge on any atom is -0.479 e. The molecule has 9 heteroatoms. The first-order valence-corrected chi connectivity index (χ1v) is 7.76. The molecule has 0 radical (unpaired) electrons. The molecular formula is C18H17N3O6. The average Bonchev–Trinajstić information content (AvgIpc) is 3.10. The maximum atomic E-state index is 10.5. The molecule has 1 aromatic carbocycles. The third kappa shape index (κ3) is 5.38. The van der Waals surface area contributed by atoms with Crippen LogP contribution in [0.15, 0.2) is 46.9 Å². The summed E-state index contributed by atoms with van der Waals surface area (Å²) in [4.78, 5) is 23.9. The molecule has 0 saturated carbocycles. The molecule has 0 amide bonds. The predicted octanol–water partition coefficient (Wildman–Crippen LogP) is 2.94. The van der Waals surface area contributed by atoms with Crippen LogP contribution in [0.2, 0.25) is 0 Å². The molecule has 27 heavy (non-hydrogen) atoms. The Morgan fingerprint density at radius 1 is 1.30 bits per heavy atom. The van der Waals surface area contributed by atoms with E-state index in [-0.39, 0.29) is 5.88 Å². The highest BCUT2D eigenvalue weighted by Gasteiger charge is 2.10. The highest BCUT2D eigenvalue weighted by atomic mass is 16.6. The summed E-state index contributed by atoms with van der Waals surface area (Å²) >= 11 is 0. The number of para-hydroxylation sites is 1. The van der Waals surface area contributed by atoms with Gasteiger partial charge < -0.3 is 20.4 Å². The number of carbonyl (C=O) groups is 1. The molecule has 1 unspecified atom stereocenters. The number of furan rings is 1. The summed E-state index contributed by atoms with van der Waals surface area (Å²) in [5.74, 6) is -1.09. The van der Waals surface area contributed by atoms with Gasteiger partial charge in [0.2, 0.25) is 0 Å². The van der Waals surface area contributed by atoms with Gasteiger partial charge in [0, 0.05) is 11.1 Å². The van der Waals surface area contributed by atoms with Gasteiger partial charge in [-0.05, 0) is 37.3 Å². The lowest BCUT2D eigenvalue weighted by Gasteiger charge is -2.02. The number of carboxylic acids is 1. The number of carboxylic acid groups (broad SMARTS) is 1. The van der Waals surface area contributed by atoms with Crippen molar-refractivity contribution in [1.29, 1.82) is 0 Å². The normalized spacial score (nSPS) is 11.8. The Bertz CT molecular complexity index is 994. The van der Waals surface area contributed by atoms with Gasteiger partial charge in [0.05, 0.1) is 17.3 Å². The summed E-state index contributed by atoms with van der Waals surface area (Å²) in [7, 11) is 0. The number of fused-ring (bicyclic) bond motifs is 1. The maximum Gasteiger partial charge on any atom is 0.433 e. The number of nitro groups is 1. The van der Waals surface area contributed by atoms with Crippen LogP contribution in [0.5, 0.6) is 0 Å². The quantitative estimate of drug-likeness (QED) is 0.467. The molecule has 2 heterocycles. The van der Waals surface area contributed by atoms with E-state index in [4.69, 9.17) is 20.4 Å². The third-order valence-electron chi connectivity index (χ3n) is 3.34. The molecule has 0 aliphatic rings. The van der Waals surface area contributed by atoms with Gasteiger partial charge in [0.25, 0.3) is 0 Å². The van der Waals surface area contributed by atoms with E-state index in [9.17, 15) is 14.9 Å². The molecular weight excluding hydrogens is 354 g/mol. The molecule has 0 aliphatic carbocycles. The number of aliphatic hydroxyl groups excluding tert-OH is 1. The van der Waals surface area contributed by atoms with Crippen molar-refractivity contribution < 1.29 is 24.3 Å². The van der Waals surface area contributed by atoms with E-state index in [0.717, 1.165) is 10.9 Å². The maximum absolute atomic E-state index is 10.5. The lowest BCUT2D eigenvalue weighted by Crippen LogP contribution is -2.13. The lowest BCUT2D eigenvalue weighted by atomic mass is 10.1. The van der Waals surface area contributed by atoms with Crippen molar-refractivity contribution in [2.24, 2.45) is 0 Å². The fraction of sp³-hybridized carbons (Fsp3) is 0.111. The number of rotatable bonds is 4. The smallest absolute Gasteiger partial charge is 0.433 e. The van der Waals surface area contributed by atoms with Crippen molar-refractivity contribution in [3.63, 3.8) is 0 Å². The molecule has 0 fully saturated rings. The van der Waals surface area contributed by atoms with Crippen LogP contribution in [0, 0.1) is 10.1 Å². The zero-order chi connectivity index (χ0) is 20.0. The van der Waals surface area contributed by atoms with Crippen LogP contribution >= 0.6 is 0 Å². The molecule has 2 aromatic heterocycles. The van der Waals surface area contributed by atoms with Crippen LogP contribution in [0.4, 0.5) is 11.6 Å². The number of nitrogens with zero attached hydrogens (tertiary/aromatic N) is 2. The predicted molar refractivity (Wildman–Crippen MR) is 99.8 cm³/mol. The number of hydrogen-bond donors (Lipinski definition) is 3. The van der Waals surface area contributed by atoms with Crippen molar-refractivity contribution in [3.8, 4) is 0 Å². The van der Waals surface area contributed by atoms with E-state index >= 15 is 0 Å². The first-order chi connectivity index (χ1) is 12.8. The second kappa shape index (κ2) is 8.59. The number of nitrogens with two attached hydrogens (primary N) is 1. The van der Waals surface area contributed by atoms with Crippen LogP contribution < -0.4 is 5.73 Å². The van der Waals surface area contributed by atoms with Gasteiger partial charge in [-0.3, -0.25) is 10.1 Å². The lowest BCUT2D eigenvalue weighted by molar-refractivity contribution is -0.402. The van der Waals surface area contributed by atoms with Crippen molar-refractivity contribution in [3.05, 3.63) is 64.0 Å². The van der Waals surface area contributed by atoms with Crippen molar-refractivity contribution in [1.82, 2.24) is 4.98 Å². The molecule has 3 rings (SSSR count). The van der Waals surface area contributed by atoms with Gasteiger partial charge >= 0.3 is 11.9 Å². The summed E-state index contributed by atoms with van der Waals surface area (Å²) in [6, 6.07) is 12.1. The molecule has 9 nitrogen and oxygen atoms in total. The molecule has 3 aromatic rings. The van der Waals surface area contributed by atoms with Gasteiger partial charge in [-0.15, -0.1) is 0 Å². The number of aliphatic carboxylic acids is 1. The van der Waals surface area contributed by atoms with Gasteiger partial charge in [0.1, 0.15) is 16.8 Å². The van der Waals surface area contributed by atoms with Crippen molar-refractivity contribution in [2.45, 2.75) is 13.0 Å². The third-order valence-corrected chi connectivity index (χ3v) is 3.34. The Balaban J connectivity index is 0.000000380. The second-order valence-electron chi connectivity index (χ2n) is 5.43. The van der Waals surface area contributed by atoms with Gasteiger partial charge in [0.15, 0.2) is 0 Å². The Hall–Kier alpha value is -3.72. The van der Waals surface area contributed by atoms with Crippen LogP contribution in [0.25, 0.3) is 23.1 Å². The summed E-state index contributed by atoms with van der Waals surface area (Å²) in [5, 5.41) is 27.2. The molecule has 0 bridgehead atoms. The Morgan fingerprint density at radius 2 is 1.96 bits per heavy atom.